The molecule has 1 aromatic rings. The minimum atomic E-state index is -0.0359. The van der Waals surface area contributed by atoms with Gasteiger partial charge in [-0.1, -0.05) is 31.5 Å². The van der Waals surface area contributed by atoms with Crippen molar-refractivity contribution in [1.29, 1.82) is 0 Å². The Bertz CT molecular complexity index is 642. The lowest BCUT2D eigenvalue weighted by molar-refractivity contribution is -0.0302. The first-order valence-electron chi connectivity index (χ1n) is 11.7. The second-order valence-electron chi connectivity index (χ2n) is 8.61. The maximum atomic E-state index is 5.88. The van der Waals surface area contributed by atoms with Crippen LogP contribution in [-0.4, -0.2) is 51.3 Å². The van der Waals surface area contributed by atoms with Gasteiger partial charge in [0.2, 0.25) is 0 Å². The number of ether oxygens (including phenoxy) is 5. The van der Waals surface area contributed by atoms with Crippen molar-refractivity contribution in [3.8, 4) is 0 Å². The van der Waals surface area contributed by atoms with Crippen molar-refractivity contribution in [2.45, 2.75) is 85.7 Å². The van der Waals surface area contributed by atoms with E-state index in [0.717, 1.165) is 35.1 Å². The lowest BCUT2D eigenvalue weighted by Gasteiger charge is -2.17. The van der Waals surface area contributed by atoms with Crippen LogP contribution < -0.4 is 0 Å². The molecule has 0 aliphatic rings. The van der Waals surface area contributed by atoms with Gasteiger partial charge in [-0.05, 0) is 76.3 Å². The maximum Gasteiger partial charge on any atom is 0.118 e. The normalized spacial score (nSPS) is 16.4. The molecule has 0 saturated heterocycles. The number of benzene rings is 1. The molecule has 0 aliphatic heterocycles. The Balaban J connectivity index is 2.61. The van der Waals surface area contributed by atoms with Gasteiger partial charge in [-0.15, -0.1) is 0 Å². The van der Waals surface area contributed by atoms with E-state index in [1.807, 2.05) is 34.0 Å². The fourth-order valence-corrected chi connectivity index (χ4v) is 3.03. The molecule has 0 bridgehead atoms. The topological polar surface area (TPSA) is 46.2 Å². The highest BCUT2D eigenvalue weighted by Crippen LogP contribution is 2.21. The molecule has 0 amide bonds. The van der Waals surface area contributed by atoms with Crippen LogP contribution in [0.15, 0.2) is 36.8 Å². The number of methoxy groups -OCH3 is 1. The quantitative estimate of drug-likeness (QED) is 0.271. The summed E-state index contributed by atoms with van der Waals surface area (Å²) in [4.78, 5) is 0. The number of rotatable bonds is 16. The fraction of sp³-hybridized carbons (Fsp3) is 0.630. The first-order chi connectivity index (χ1) is 15.3. The Kier molecular flexibility index (Phi) is 14.0. The molecule has 182 valence electrons. The monoisotopic (exact) mass is 448 g/mol. The highest BCUT2D eigenvalue weighted by molar-refractivity contribution is 5.70. The third-order valence-corrected chi connectivity index (χ3v) is 5.05. The summed E-state index contributed by atoms with van der Waals surface area (Å²) in [5.41, 5.74) is 4.36. The standard InChI is InChI=1S/C27H44O5/c1-9-11-22(4)31-18-24(6)29-15-20(2)26-12-10-13-27(14-26)21(3)16-30-25(7)19-32-23(5)17-28-8/h10,12-16,22-25H,9,11,17-19H2,1-8H3. The molecule has 1 rings (SSSR count). The van der Waals surface area contributed by atoms with Gasteiger partial charge in [0, 0.05) is 7.11 Å². The molecule has 32 heavy (non-hydrogen) atoms. The van der Waals surface area contributed by atoms with Crippen molar-refractivity contribution in [3.05, 3.63) is 47.9 Å². The molecule has 0 N–H and O–H groups in total. The Morgan fingerprint density at radius 2 is 1.28 bits per heavy atom. The molecule has 5 heteroatoms. The third-order valence-electron chi connectivity index (χ3n) is 5.05. The molecule has 1 aromatic carbocycles. The van der Waals surface area contributed by atoms with Crippen LogP contribution in [0.3, 0.4) is 0 Å². The molecule has 4 unspecified atom stereocenters. The largest absolute Gasteiger partial charge is 0.496 e. The zero-order valence-corrected chi connectivity index (χ0v) is 21.4. The van der Waals surface area contributed by atoms with E-state index in [-0.39, 0.29) is 24.4 Å². The van der Waals surface area contributed by atoms with E-state index < -0.39 is 0 Å². The van der Waals surface area contributed by atoms with Gasteiger partial charge >= 0.3 is 0 Å². The molecule has 5 nitrogen and oxygen atoms in total. The Labute approximate surface area is 195 Å². The Morgan fingerprint density at radius 3 is 1.75 bits per heavy atom. The molecule has 0 radical (unpaired) electrons. The molecule has 0 aliphatic carbocycles. The summed E-state index contributed by atoms with van der Waals surface area (Å²) in [6.45, 7) is 16.1. The first kappa shape index (κ1) is 28.2. The third kappa shape index (κ3) is 11.7. The van der Waals surface area contributed by atoms with Crippen LogP contribution in [0.25, 0.3) is 11.1 Å². The van der Waals surface area contributed by atoms with Gasteiger partial charge in [-0.2, -0.15) is 0 Å². The molecule has 0 saturated carbocycles. The molecule has 0 heterocycles. The van der Waals surface area contributed by atoms with Crippen molar-refractivity contribution in [2.75, 3.05) is 26.9 Å². The number of hydrogen-bond acceptors (Lipinski definition) is 5. The van der Waals surface area contributed by atoms with Crippen LogP contribution in [0.2, 0.25) is 0 Å². The van der Waals surface area contributed by atoms with Crippen molar-refractivity contribution >= 4 is 11.1 Å². The second-order valence-corrected chi connectivity index (χ2v) is 8.61. The van der Waals surface area contributed by atoms with Crippen LogP contribution >= 0.6 is 0 Å². The van der Waals surface area contributed by atoms with Gasteiger partial charge in [0.15, 0.2) is 0 Å². The van der Waals surface area contributed by atoms with E-state index in [1.165, 1.54) is 0 Å². The Hall–Kier alpha value is -1.82. The molecular weight excluding hydrogens is 404 g/mol. The summed E-state index contributed by atoms with van der Waals surface area (Å²) in [7, 11) is 1.67. The number of hydrogen-bond donors (Lipinski definition) is 0. The second kappa shape index (κ2) is 15.9. The summed E-state index contributed by atoms with van der Waals surface area (Å²) < 4.78 is 28.4. The fourth-order valence-electron chi connectivity index (χ4n) is 3.03. The van der Waals surface area contributed by atoms with Crippen molar-refractivity contribution in [3.63, 3.8) is 0 Å². The van der Waals surface area contributed by atoms with Gasteiger partial charge in [0.25, 0.3) is 0 Å². The van der Waals surface area contributed by atoms with Crippen molar-refractivity contribution in [1.82, 2.24) is 0 Å². The molecule has 0 aromatic heterocycles. The summed E-state index contributed by atoms with van der Waals surface area (Å²) in [5, 5.41) is 0. The smallest absolute Gasteiger partial charge is 0.118 e. The van der Waals surface area contributed by atoms with Crippen LogP contribution in [0.5, 0.6) is 0 Å². The minimum Gasteiger partial charge on any atom is -0.496 e. The average molecular weight is 449 g/mol. The summed E-state index contributed by atoms with van der Waals surface area (Å²) in [5.74, 6) is 0. The molecule has 0 fully saturated rings. The summed E-state index contributed by atoms with van der Waals surface area (Å²) >= 11 is 0. The van der Waals surface area contributed by atoms with Crippen LogP contribution in [-0.2, 0) is 23.7 Å². The van der Waals surface area contributed by atoms with Gasteiger partial charge in [-0.3, -0.25) is 0 Å². The minimum absolute atomic E-state index is 0.0118. The van der Waals surface area contributed by atoms with Crippen LogP contribution in [0.1, 0.15) is 72.4 Å². The van der Waals surface area contributed by atoms with E-state index in [1.54, 1.807) is 13.4 Å². The predicted octanol–water partition coefficient (Wildman–Crippen LogP) is 6.48. The SMILES string of the molecule is CCCC(C)OCC(C)OC=C(C)c1cccc(C(C)=COC(C)COC(C)COC)c1. The van der Waals surface area contributed by atoms with Gasteiger partial charge in [-0.25, -0.2) is 0 Å². The lowest BCUT2D eigenvalue weighted by Crippen LogP contribution is -2.21. The zero-order valence-electron chi connectivity index (χ0n) is 21.4. The molecular formula is C27H44O5. The maximum absolute atomic E-state index is 5.88. The molecule has 0 spiro atoms. The molecule has 4 atom stereocenters. The highest BCUT2D eigenvalue weighted by atomic mass is 16.6. The summed E-state index contributed by atoms with van der Waals surface area (Å²) in [6.07, 6.45) is 6.14. The number of allylic oxidation sites excluding steroid dienone is 2. The summed E-state index contributed by atoms with van der Waals surface area (Å²) in [6, 6.07) is 8.37. The van der Waals surface area contributed by atoms with Crippen molar-refractivity contribution in [2.24, 2.45) is 0 Å². The van der Waals surface area contributed by atoms with Gasteiger partial charge in [0.1, 0.15) is 12.2 Å². The predicted molar refractivity (Wildman–Crippen MR) is 132 cm³/mol. The first-order valence-corrected chi connectivity index (χ1v) is 11.7. The Morgan fingerprint density at radius 1 is 0.781 bits per heavy atom. The van der Waals surface area contributed by atoms with E-state index in [0.29, 0.717) is 19.8 Å². The van der Waals surface area contributed by atoms with E-state index in [4.69, 9.17) is 23.7 Å². The van der Waals surface area contributed by atoms with E-state index in [9.17, 15) is 0 Å². The van der Waals surface area contributed by atoms with E-state index in [2.05, 4.69) is 45.0 Å². The zero-order chi connectivity index (χ0) is 23.9. The van der Waals surface area contributed by atoms with Crippen molar-refractivity contribution < 1.29 is 23.7 Å². The van der Waals surface area contributed by atoms with Crippen LogP contribution in [0, 0.1) is 0 Å². The van der Waals surface area contributed by atoms with Crippen LogP contribution in [0.4, 0.5) is 0 Å². The van der Waals surface area contributed by atoms with E-state index >= 15 is 0 Å². The van der Waals surface area contributed by atoms with Gasteiger partial charge in [0.05, 0.1) is 44.6 Å². The highest BCUT2D eigenvalue weighted by Gasteiger charge is 2.08. The lowest BCUT2D eigenvalue weighted by atomic mass is 10.0. The average Bonchev–Trinajstić information content (AvgIpc) is 2.78. The van der Waals surface area contributed by atoms with Gasteiger partial charge < -0.3 is 23.7 Å².